The molecular weight excluding hydrogens is 230 g/mol. The Hall–Kier alpha value is -1.55. The summed E-state index contributed by atoms with van der Waals surface area (Å²) < 4.78 is 5.26. The highest BCUT2D eigenvalue weighted by Gasteiger charge is 2.55. The van der Waals surface area contributed by atoms with Crippen LogP contribution in [0.5, 0.6) is 0 Å². The summed E-state index contributed by atoms with van der Waals surface area (Å²) in [5, 5.41) is 9.87. The molecule has 18 heavy (non-hydrogen) atoms. The van der Waals surface area contributed by atoms with Crippen LogP contribution in [-0.2, 0) is 11.3 Å². The number of carbonyl (C=O) groups excluding carboxylic acids is 1. The minimum absolute atomic E-state index is 0.00817. The van der Waals surface area contributed by atoms with E-state index in [1.54, 1.807) is 4.90 Å². The van der Waals surface area contributed by atoms with Crippen LogP contribution in [0.25, 0.3) is 0 Å². The molecule has 2 aliphatic rings. The van der Waals surface area contributed by atoms with Crippen molar-refractivity contribution in [2.75, 3.05) is 13.1 Å². The van der Waals surface area contributed by atoms with Gasteiger partial charge in [-0.3, -0.25) is 0 Å². The number of rotatable bonds is 2. The number of β-amino-alcohol motifs (C(OH)–C–C–N with tert-alkyl or cyclic N) is 1. The molecule has 1 aromatic carbocycles. The second-order valence-electron chi connectivity index (χ2n) is 5.30. The van der Waals surface area contributed by atoms with Gasteiger partial charge in [0.15, 0.2) is 0 Å². The molecule has 1 N–H and O–H groups in total. The summed E-state index contributed by atoms with van der Waals surface area (Å²) in [5.41, 5.74) is 0.970. The van der Waals surface area contributed by atoms with Crippen LogP contribution < -0.4 is 0 Å². The third-order valence-electron chi connectivity index (χ3n) is 3.96. The van der Waals surface area contributed by atoms with Crippen LogP contribution >= 0.6 is 0 Å². The van der Waals surface area contributed by atoms with E-state index in [0.717, 1.165) is 18.4 Å². The second kappa shape index (κ2) is 4.28. The lowest BCUT2D eigenvalue weighted by Gasteiger charge is -2.15. The van der Waals surface area contributed by atoms with Crippen molar-refractivity contribution in [2.24, 2.45) is 5.41 Å². The first kappa shape index (κ1) is 11.5. The first-order valence-corrected chi connectivity index (χ1v) is 6.33. The summed E-state index contributed by atoms with van der Waals surface area (Å²) in [6.07, 6.45) is 1.36. The summed E-state index contributed by atoms with van der Waals surface area (Å²) in [7, 11) is 0. The molecule has 1 aliphatic carbocycles. The molecule has 1 atom stereocenters. The van der Waals surface area contributed by atoms with Gasteiger partial charge in [0.05, 0.1) is 12.6 Å². The zero-order valence-electron chi connectivity index (χ0n) is 10.2. The number of hydrogen-bond donors (Lipinski definition) is 1. The third-order valence-corrected chi connectivity index (χ3v) is 3.96. The molecule has 1 saturated heterocycles. The van der Waals surface area contributed by atoms with E-state index in [-0.39, 0.29) is 17.6 Å². The summed E-state index contributed by atoms with van der Waals surface area (Å²) in [5.74, 6) is 0. The van der Waals surface area contributed by atoms with E-state index in [1.807, 2.05) is 30.3 Å². The Bertz CT molecular complexity index is 442. The molecule has 2 fully saturated rings. The zero-order chi connectivity index (χ0) is 12.6. The van der Waals surface area contributed by atoms with Gasteiger partial charge < -0.3 is 14.7 Å². The Balaban J connectivity index is 1.53. The zero-order valence-corrected chi connectivity index (χ0v) is 10.2. The molecule has 1 aliphatic heterocycles. The average molecular weight is 247 g/mol. The van der Waals surface area contributed by atoms with Crippen molar-refractivity contribution in [3.8, 4) is 0 Å². The van der Waals surface area contributed by atoms with Crippen LogP contribution in [0.4, 0.5) is 4.79 Å². The van der Waals surface area contributed by atoms with E-state index in [1.165, 1.54) is 0 Å². The fourth-order valence-electron chi connectivity index (χ4n) is 2.55. The number of hydrogen-bond acceptors (Lipinski definition) is 3. The summed E-state index contributed by atoms with van der Waals surface area (Å²) in [4.78, 5) is 13.5. The lowest BCUT2D eigenvalue weighted by atomic mass is 10.0. The van der Waals surface area contributed by atoms with Gasteiger partial charge in [-0.05, 0) is 18.4 Å². The van der Waals surface area contributed by atoms with Crippen molar-refractivity contribution in [1.29, 1.82) is 0 Å². The topological polar surface area (TPSA) is 49.8 Å². The van der Waals surface area contributed by atoms with E-state index < -0.39 is 0 Å². The highest BCUT2D eigenvalue weighted by Crippen LogP contribution is 2.52. The fraction of sp³-hybridized carbons (Fsp3) is 0.500. The molecule has 1 spiro atoms. The van der Waals surface area contributed by atoms with E-state index in [4.69, 9.17) is 4.74 Å². The minimum Gasteiger partial charge on any atom is -0.445 e. The van der Waals surface area contributed by atoms with E-state index >= 15 is 0 Å². The molecule has 3 rings (SSSR count). The van der Waals surface area contributed by atoms with Crippen molar-refractivity contribution in [1.82, 2.24) is 4.90 Å². The Morgan fingerprint density at radius 3 is 2.72 bits per heavy atom. The smallest absolute Gasteiger partial charge is 0.410 e. The molecule has 1 unspecified atom stereocenters. The molecule has 0 aromatic heterocycles. The van der Waals surface area contributed by atoms with E-state index in [2.05, 4.69) is 0 Å². The molecule has 0 radical (unpaired) electrons. The van der Waals surface area contributed by atoms with E-state index in [0.29, 0.717) is 19.7 Å². The van der Waals surface area contributed by atoms with Gasteiger partial charge >= 0.3 is 6.09 Å². The lowest BCUT2D eigenvalue weighted by Crippen LogP contribution is -2.30. The number of aliphatic hydroxyl groups excluding tert-OH is 1. The van der Waals surface area contributed by atoms with Gasteiger partial charge in [0.1, 0.15) is 6.61 Å². The molecule has 96 valence electrons. The lowest BCUT2D eigenvalue weighted by molar-refractivity contribution is 0.0964. The minimum atomic E-state index is -0.373. The van der Waals surface area contributed by atoms with Crippen molar-refractivity contribution in [2.45, 2.75) is 25.6 Å². The predicted molar refractivity (Wildman–Crippen MR) is 65.9 cm³/mol. The first-order valence-electron chi connectivity index (χ1n) is 6.33. The molecular formula is C14H17NO3. The van der Waals surface area contributed by atoms with Gasteiger partial charge in [-0.25, -0.2) is 4.79 Å². The summed E-state index contributed by atoms with van der Waals surface area (Å²) in [6, 6.07) is 9.62. The van der Waals surface area contributed by atoms with Crippen LogP contribution in [0.1, 0.15) is 18.4 Å². The van der Waals surface area contributed by atoms with Gasteiger partial charge in [-0.15, -0.1) is 0 Å². The third kappa shape index (κ3) is 2.08. The largest absolute Gasteiger partial charge is 0.445 e. The quantitative estimate of drug-likeness (QED) is 0.866. The van der Waals surface area contributed by atoms with Crippen LogP contribution in [0.2, 0.25) is 0 Å². The van der Waals surface area contributed by atoms with Crippen LogP contribution in [-0.4, -0.2) is 35.3 Å². The predicted octanol–water partition coefficient (Wildman–Crippen LogP) is 1.78. The Morgan fingerprint density at radius 1 is 1.39 bits per heavy atom. The summed E-state index contributed by atoms with van der Waals surface area (Å²) in [6.45, 7) is 1.34. The van der Waals surface area contributed by atoms with Crippen molar-refractivity contribution in [3.63, 3.8) is 0 Å². The van der Waals surface area contributed by atoms with Gasteiger partial charge in [0.25, 0.3) is 0 Å². The van der Waals surface area contributed by atoms with Crippen molar-refractivity contribution in [3.05, 3.63) is 35.9 Å². The Labute approximate surface area is 106 Å². The molecule has 1 heterocycles. The molecule has 1 saturated carbocycles. The fourth-order valence-corrected chi connectivity index (χ4v) is 2.55. The maximum Gasteiger partial charge on any atom is 0.410 e. The normalized spacial score (nSPS) is 24.3. The number of amides is 1. The molecule has 4 nitrogen and oxygen atoms in total. The SMILES string of the molecule is O=C(OCc1ccccc1)N1CC(O)C2(CC2)C1. The average Bonchev–Trinajstić information content (AvgIpc) is 3.09. The number of nitrogens with zero attached hydrogens (tertiary/aromatic N) is 1. The number of likely N-dealkylation sites (tertiary alicyclic amines) is 1. The van der Waals surface area contributed by atoms with E-state index in [9.17, 15) is 9.90 Å². The first-order chi connectivity index (χ1) is 8.70. The van der Waals surface area contributed by atoms with Crippen molar-refractivity contribution < 1.29 is 14.6 Å². The molecule has 0 bridgehead atoms. The molecule has 1 aromatic rings. The summed E-state index contributed by atoms with van der Waals surface area (Å²) >= 11 is 0. The molecule has 1 amide bonds. The number of aliphatic hydroxyl groups is 1. The highest BCUT2D eigenvalue weighted by molar-refractivity contribution is 5.68. The van der Waals surface area contributed by atoms with Crippen molar-refractivity contribution >= 4 is 6.09 Å². The maximum atomic E-state index is 11.9. The Kier molecular flexibility index (Phi) is 2.74. The second-order valence-corrected chi connectivity index (χ2v) is 5.30. The highest BCUT2D eigenvalue weighted by atomic mass is 16.6. The van der Waals surface area contributed by atoms with Crippen LogP contribution in [0, 0.1) is 5.41 Å². The number of ether oxygens (including phenoxy) is 1. The van der Waals surface area contributed by atoms with Gasteiger partial charge in [-0.2, -0.15) is 0 Å². The monoisotopic (exact) mass is 247 g/mol. The standard InChI is InChI=1S/C14H17NO3/c16-12-8-15(10-14(12)6-7-14)13(17)18-9-11-4-2-1-3-5-11/h1-5,12,16H,6-10H2. The van der Waals surface area contributed by atoms with Crippen LogP contribution in [0.3, 0.4) is 0 Å². The Morgan fingerprint density at radius 2 is 2.11 bits per heavy atom. The number of benzene rings is 1. The molecule has 4 heteroatoms. The van der Waals surface area contributed by atoms with Gasteiger partial charge in [0, 0.05) is 12.0 Å². The van der Waals surface area contributed by atoms with Crippen LogP contribution in [0.15, 0.2) is 30.3 Å². The maximum absolute atomic E-state index is 11.9. The van der Waals surface area contributed by atoms with Gasteiger partial charge in [-0.1, -0.05) is 30.3 Å². The van der Waals surface area contributed by atoms with Gasteiger partial charge in [0.2, 0.25) is 0 Å². The number of carbonyl (C=O) groups is 1.